The fourth-order valence-electron chi connectivity index (χ4n) is 0.512. The van der Waals surface area contributed by atoms with Crippen LogP contribution in [0.2, 0.25) is 0 Å². The summed E-state index contributed by atoms with van der Waals surface area (Å²) in [7, 11) is 1.54. The van der Waals surface area contributed by atoms with Crippen molar-refractivity contribution < 1.29 is 9.53 Å². The van der Waals surface area contributed by atoms with Crippen LogP contribution < -0.4 is 0 Å². The lowest BCUT2D eigenvalue weighted by Crippen LogP contribution is -2.15. The molecule has 0 bridgehead atoms. The Bertz CT molecular complexity index is 88.9. The molecule has 0 heterocycles. The van der Waals surface area contributed by atoms with E-state index in [4.69, 9.17) is 0 Å². The Morgan fingerprint density at radius 3 is 2.56 bits per heavy atom. The van der Waals surface area contributed by atoms with Gasteiger partial charge in [0.1, 0.15) is 6.61 Å². The van der Waals surface area contributed by atoms with Crippen LogP contribution in [0.15, 0.2) is 0 Å². The molecule has 0 aliphatic heterocycles. The second-order valence-electron chi connectivity index (χ2n) is 2.21. The van der Waals surface area contributed by atoms with E-state index in [1.807, 2.05) is 13.8 Å². The average molecular weight is 130 g/mol. The predicted octanol–water partition coefficient (Wildman–Crippen LogP) is 1.25. The molecule has 0 aromatic carbocycles. The van der Waals surface area contributed by atoms with E-state index >= 15 is 0 Å². The monoisotopic (exact) mass is 130 g/mol. The predicted molar refractivity (Wildman–Crippen MR) is 36.3 cm³/mol. The Morgan fingerprint density at radius 2 is 2.22 bits per heavy atom. The van der Waals surface area contributed by atoms with E-state index in [9.17, 15) is 4.79 Å². The number of hydrogen-bond acceptors (Lipinski definition) is 2. The molecule has 0 aromatic heterocycles. The minimum absolute atomic E-state index is 0.157. The van der Waals surface area contributed by atoms with E-state index in [0.29, 0.717) is 0 Å². The van der Waals surface area contributed by atoms with E-state index in [0.717, 1.165) is 6.42 Å². The van der Waals surface area contributed by atoms with Gasteiger partial charge in [0.2, 0.25) is 0 Å². The Labute approximate surface area is 56.2 Å². The molecule has 1 unspecified atom stereocenters. The maximum absolute atomic E-state index is 10.8. The number of ketones is 1. The molecule has 2 heteroatoms. The zero-order valence-electron chi connectivity index (χ0n) is 6.31. The van der Waals surface area contributed by atoms with Gasteiger partial charge in [-0.2, -0.15) is 0 Å². The lowest BCUT2D eigenvalue weighted by atomic mass is 10.1. The molecule has 0 amide bonds. The molecule has 0 N–H and O–H groups in total. The molecule has 0 spiro atoms. The van der Waals surface area contributed by atoms with E-state index in [-0.39, 0.29) is 18.3 Å². The highest BCUT2D eigenvalue weighted by Gasteiger charge is 2.08. The number of rotatable bonds is 4. The summed E-state index contributed by atoms with van der Waals surface area (Å²) in [6, 6.07) is 0. The normalized spacial score (nSPS) is 13.2. The zero-order valence-corrected chi connectivity index (χ0v) is 6.31. The Kier molecular flexibility index (Phi) is 4.32. The molecule has 0 radical (unpaired) electrons. The average Bonchev–Trinajstić information content (AvgIpc) is 1.87. The second kappa shape index (κ2) is 4.50. The van der Waals surface area contributed by atoms with E-state index in [1.165, 1.54) is 0 Å². The molecule has 54 valence electrons. The quantitative estimate of drug-likeness (QED) is 0.572. The number of methoxy groups -OCH3 is 1. The first-order valence-electron chi connectivity index (χ1n) is 3.24. The summed E-state index contributed by atoms with van der Waals surface area (Å²) in [5.74, 6) is 0.352. The summed E-state index contributed by atoms with van der Waals surface area (Å²) in [6.45, 7) is 4.18. The lowest BCUT2D eigenvalue weighted by molar-refractivity contribution is -0.126. The minimum atomic E-state index is 0.157. The van der Waals surface area contributed by atoms with Crippen LogP contribution in [-0.2, 0) is 9.53 Å². The third kappa shape index (κ3) is 3.25. The van der Waals surface area contributed by atoms with Crippen molar-refractivity contribution in [2.24, 2.45) is 5.92 Å². The highest BCUT2D eigenvalue weighted by molar-refractivity contribution is 5.81. The Balaban J connectivity index is 3.46. The summed E-state index contributed by atoms with van der Waals surface area (Å²) in [5, 5.41) is 0. The highest BCUT2D eigenvalue weighted by Crippen LogP contribution is 2.01. The summed E-state index contributed by atoms with van der Waals surface area (Å²) < 4.78 is 4.68. The molecule has 0 saturated heterocycles. The Morgan fingerprint density at radius 1 is 1.67 bits per heavy atom. The van der Waals surface area contributed by atoms with Crippen LogP contribution in [0.25, 0.3) is 0 Å². The molecule has 0 saturated carbocycles. The van der Waals surface area contributed by atoms with Crippen LogP contribution in [-0.4, -0.2) is 19.5 Å². The first kappa shape index (κ1) is 8.63. The van der Waals surface area contributed by atoms with Crippen LogP contribution in [0.4, 0.5) is 0 Å². The number of Topliss-reactive ketones (excluding diaryl/α,β-unsaturated/α-hetero) is 1. The highest BCUT2D eigenvalue weighted by atomic mass is 16.5. The standard InChI is InChI=1S/C7H14O2/c1-4-6(2)7(8)5-9-3/h6H,4-5H2,1-3H3. The van der Waals surface area contributed by atoms with Gasteiger partial charge in [0.25, 0.3) is 0 Å². The summed E-state index contributed by atoms with van der Waals surface area (Å²) >= 11 is 0. The maximum Gasteiger partial charge on any atom is 0.161 e. The van der Waals surface area contributed by atoms with E-state index < -0.39 is 0 Å². The van der Waals surface area contributed by atoms with Crippen LogP contribution in [0.5, 0.6) is 0 Å². The molecular formula is C7H14O2. The molecule has 9 heavy (non-hydrogen) atoms. The lowest BCUT2D eigenvalue weighted by Gasteiger charge is -2.04. The fourth-order valence-corrected chi connectivity index (χ4v) is 0.512. The maximum atomic E-state index is 10.8. The van der Waals surface area contributed by atoms with Crippen LogP contribution >= 0.6 is 0 Å². The van der Waals surface area contributed by atoms with Crippen molar-refractivity contribution in [1.82, 2.24) is 0 Å². The van der Waals surface area contributed by atoms with Crippen molar-refractivity contribution in [1.29, 1.82) is 0 Å². The van der Waals surface area contributed by atoms with Gasteiger partial charge in [0.15, 0.2) is 5.78 Å². The molecule has 2 nitrogen and oxygen atoms in total. The van der Waals surface area contributed by atoms with E-state index in [2.05, 4.69) is 4.74 Å². The van der Waals surface area contributed by atoms with Crippen LogP contribution in [0.3, 0.4) is 0 Å². The summed E-state index contributed by atoms with van der Waals surface area (Å²) in [4.78, 5) is 10.8. The molecule has 0 fully saturated rings. The van der Waals surface area contributed by atoms with Gasteiger partial charge in [0, 0.05) is 13.0 Å². The topological polar surface area (TPSA) is 26.3 Å². The first-order chi connectivity index (χ1) is 4.22. The number of carbonyl (C=O) groups is 1. The van der Waals surface area contributed by atoms with Crippen molar-refractivity contribution in [2.75, 3.05) is 13.7 Å². The number of ether oxygens (including phenoxy) is 1. The van der Waals surface area contributed by atoms with Crippen molar-refractivity contribution >= 4 is 5.78 Å². The van der Waals surface area contributed by atoms with Crippen LogP contribution in [0, 0.1) is 5.92 Å². The smallest absolute Gasteiger partial charge is 0.161 e. The molecular weight excluding hydrogens is 116 g/mol. The van der Waals surface area contributed by atoms with E-state index in [1.54, 1.807) is 7.11 Å². The largest absolute Gasteiger partial charge is 0.377 e. The van der Waals surface area contributed by atoms with Gasteiger partial charge in [-0.25, -0.2) is 0 Å². The zero-order chi connectivity index (χ0) is 7.28. The molecule has 0 aliphatic carbocycles. The van der Waals surface area contributed by atoms with Gasteiger partial charge in [-0.15, -0.1) is 0 Å². The molecule has 1 atom stereocenters. The fraction of sp³-hybridized carbons (Fsp3) is 0.857. The van der Waals surface area contributed by atoms with Gasteiger partial charge in [-0.3, -0.25) is 4.79 Å². The van der Waals surface area contributed by atoms with Gasteiger partial charge in [-0.1, -0.05) is 13.8 Å². The van der Waals surface area contributed by atoms with Gasteiger partial charge in [-0.05, 0) is 6.42 Å². The molecule has 0 rings (SSSR count). The van der Waals surface area contributed by atoms with Gasteiger partial charge >= 0.3 is 0 Å². The summed E-state index contributed by atoms with van der Waals surface area (Å²) in [5.41, 5.74) is 0. The third-order valence-corrected chi connectivity index (χ3v) is 1.45. The van der Waals surface area contributed by atoms with Crippen LogP contribution in [0.1, 0.15) is 20.3 Å². The van der Waals surface area contributed by atoms with Crippen molar-refractivity contribution in [3.63, 3.8) is 0 Å². The Hall–Kier alpha value is -0.370. The van der Waals surface area contributed by atoms with Crippen molar-refractivity contribution in [3.05, 3.63) is 0 Å². The SMILES string of the molecule is CCC(C)C(=O)COC. The third-order valence-electron chi connectivity index (χ3n) is 1.45. The van der Waals surface area contributed by atoms with Crippen molar-refractivity contribution in [2.45, 2.75) is 20.3 Å². The van der Waals surface area contributed by atoms with Gasteiger partial charge < -0.3 is 4.74 Å². The van der Waals surface area contributed by atoms with Gasteiger partial charge in [0.05, 0.1) is 0 Å². The second-order valence-corrected chi connectivity index (χ2v) is 2.21. The van der Waals surface area contributed by atoms with Crippen molar-refractivity contribution in [3.8, 4) is 0 Å². The minimum Gasteiger partial charge on any atom is -0.377 e. The first-order valence-corrected chi connectivity index (χ1v) is 3.24. The number of carbonyl (C=O) groups excluding carboxylic acids is 1. The molecule has 0 aromatic rings. The molecule has 0 aliphatic rings. The number of hydrogen-bond donors (Lipinski definition) is 0. The summed E-state index contributed by atoms with van der Waals surface area (Å²) in [6.07, 6.45) is 0.905.